The number of nitrogens with one attached hydrogen (secondary N) is 1. The molecule has 0 radical (unpaired) electrons. The summed E-state index contributed by atoms with van der Waals surface area (Å²) >= 11 is 0. The normalized spacial score (nSPS) is 26.6. The predicted molar refractivity (Wildman–Crippen MR) is 82.7 cm³/mol. The fourth-order valence-corrected chi connectivity index (χ4v) is 3.60. The molecule has 1 N–H and O–H groups in total. The summed E-state index contributed by atoms with van der Waals surface area (Å²) in [6.45, 7) is 3.05. The molecule has 112 valence electrons. The lowest BCUT2D eigenvalue weighted by Gasteiger charge is -2.25. The van der Waals surface area contributed by atoms with Crippen LogP contribution in [0.25, 0.3) is 0 Å². The van der Waals surface area contributed by atoms with Crippen LogP contribution in [0.15, 0.2) is 24.3 Å². The van der Waals surface area contributed by atoms with Gasteiger partial charge in [-0.25, -0.2) is 0 Å². The van der Waals surface area contributed by atoms with Gasteiger partial charge in [0.1, 0.15) is 11.7 Å². The molecule has 3 fully saturated rings. The Morgan fingerprint density at radius 3 is 2.71 bits per heavy atom. The SMILES string of the molecule is Cc1ccccc1C1NC2(CC2)C(=O)N1CCCC1CC1. The van der Waals surface area contributed by atoms with Gasteiger partial charge in [0.15, 0.2) is 0 Å². The van der Waals surface area contributed by atoms with Gasteiger partial charge in [0.2, 0.25) is 5.91 Å². The van der Waals surface area contributed by atoms with Crippen molar-refractivity contribution in [2.24, 2.45) is 5.92 Å². The van der Waals surface area contributed by atoms with Crippen molar-refractivity contribution in [3.05, 3.63) is 35.4 Å². The Morgan fingerprint density at radius 1 is 1.29 bits per heavy atom. The average molecular weight is 284 g/mol. The minimum absolute atomic E-state index is 0.0837. The number of carbonyl (C=O) groups excluding carboxylic acids is 1. The first kappa shape index (κ1) is 13.3. The average Bonchev–Trinajstić information content (AvgIpc) is 3.37. The number of rotatable bonds is 5. The molecule has 1 unspecified atom stereocenters. The van der Waals surface area contributed by atoms with Crippen LogP contribution in [0.3, 0.4) is 0 Å². The Hall–Kier alpha value is -1.35. The summed E-state index contributed by atoms with van der Waals surface area (Å²) in [5, 5.41) is 3.63. The number of aryl methyl sites for hydroxylation is 1. The van der Waals surface area contributed by atoms with E-state index in [1.54, 1.807) is 0 Å². The third kappa shape index (κ3) is 2.38. The number of benzene rings is 1. The third-order valence-corrected chi connectivity index (χ3v) is 5.34. The van der Waals surface area contributed by atoms with Crippen molar-refractivity contribution < 1.29 is 4.79 Å². The van der Waals surface area contributed by atoms with E-state index in [4.69, 9.17) is 0 Å². The lowest BCUT2D eigenvalue weighted by molar-refractivity contribution is -0.130. The van der Waals surface area contributed by atoms with Crippen molar-refractivity contribution in [1.29, 1.82) is 0 Å². The van der Waals surface area contributed by atoms with E-state index in [9.17, 15) is 4.79 Å². The fraction of sp³-hybridized carbons (Fsp3) is 0.611. The molecule has 1 aromatic rings. The summed E-state index contributed by atoms with van der Waals surface area (Å²) < 4.78 is 0. The molecule has 21 heavy (non-hydrogen) atoms. The molecule has 0 bridgehead atoms. The Kier molecular flexibility index (Phi) is 3.07. The van der Waals surface area contributed by atoms with E-state index in [1.807, 2.05) is 0 Å². The molecule has 1 atom stereocenters. The molecule has 0 aromatic heterocycles. The van der Waals surface area contributed by atoms with Crippen molar-refractivity contribution in [1.82, 2.24) is 10.2 Å². The van der Waals surface area contributed by atoms with Crippen LogP contribution in [0, 0.1) is 12.8 Å². The van der Waals surface area contributed by atoms with Crippen molar-refractivity contribution in [3.63, 3.8) is 0 Å². The summed E-state index contributed by atoms with van der Waals surface area (Å²) in [7, 11) is 0. The van der Waals surface area contributed by atoms with Crippen molar-refractivity contribution in [3.8, 4) is 0 Å². The van der Waals surface area contributed by atoms with E-state index < -0.39 is 0 Å². The molecule has 1 aliphatic heterocycles. The zero-order valence-electron chi connectivity index (χ0n) is 12.8. The van der Waals surface area contributed by atoms with E-state index in [1.165, 1.54) is 30.4 Å². The van der Waals surface area contributed by atoms with Crippen LogP contribution < -0.4 is 5.32 Å². The smallest absolute Gasteiger partial charge is 0.244 e. The molecule has 3 aliphatic rings. The van der Waals surface area contributed by atoms with Crippen LogP contribution in [0.4, 0.5) is 0 Å². The molecule has 3 nitrogen and oxygen atoms in total. The summed E-state index contributed by atoms with van der Waals surface area (Å²) in [5.74, 6) is 1.29. The zero-order valence-corrected chi connectivity index (χ0v) is 12.8. The Balaban J connectivity index is 1.54. The van der Waals surface area contributed by atoms with Crippen LogP contribution in [0.5, 0.6) is 0 Å². The van der Waals surface area contributed by atoms with Gasteiger partial charge in [-0.3, -0.25) is 10.1 Å². The van der Waals surface area contributed by atoms with Gasteiger partial charge >= 0.3 is 0 Å². The number of nitrogens with zero attached hydrogens (tertiary/aromatic N) is 1. The van der Waals surface area contributed by atoms with E-state index in [2.05, 4.69) is 41.4 Å². The van der Waals surface area contributed by atoms with E-state index in [0.717, 1.165) is 31.7 Å². The third-order valence-electron chi connectivity index (χ3n) is 5.34. The standard InChI is InChI=1S/C18H24N2O/c1-13-5-2-3-7-15(13)16-19-18(10-11-18)17(21)20(16)12-4-6-14-8-9-14/h2-3,5,7,14,16,19H,4,6,8-12H2,1H3. The highest BCUT2D eigenvalue weighted by Gasteiger charge is 2.59. The van der Waals surface area contributed by atoms with E-state index in [-0.39, 0.29) is 11.7 Å². The van der Waals surface area contributed by atoms with E-state index in [0.29, 0.717) is 5.91 Å². The number of hydrogen-bond acceptors (Lipinski definition) is 2. The summed E-state index contributed by atoms with van der Waals surface area (Å²) in [5.41, 5.74) is 2.32. The topological polar surface area (TPSA) is 32.3 Å². The van der Waals surface area contributed by atoms with Gasteiger partial charge in [0.05, 0.1) is 0 Å². The molecule has 2 aliphatic carbocycles. The monoisotopic (exact) mass is 284 g/mol. The van der Waals surface area contributed by atoms with Crippen LogP contribution in [0.2, 0.25) is 0 Å². The summed E-state index contributed by atoms with van der Waals surface area (Å²) in [6, 6.07) is 8.45. The molecular formula is C18H24N2O. The van der Waals surface area contributed by atoms with Gasteiger partial charge in [0.25, 0.3) is 0 Å². The van der Waals surface area contributed by atoms with Crippen molar-refractivity contribution in [2.45, 2.75) is 57.2 Å². The highest BCUT2D eigenvalue weighted by atomic mass is 16.2. The molecule has 1 spiro atoms. The van der Waals surface area contributed by atoms with Crippen molar-refractivity contribution >= 4 is 5.91 Å². The number of carbonyl (C=O) groups is 1. The van der Waals surface area contributed by atoms with Crippen LogP contribution in [-0.4, -0.2) is 22.9 Å². The molecule has 4 rings (SSSR count). The van der Waals surface area contributed by atoms with Crippen LogP contribution >= 0.6 is 0 Å². The minimum atomic E-state index is -0.216. The van der Waals surface area contributed by atoms with Gasteiger partial charge in [0, 0.05) is 6.54 Å². The van der Waals surface area contributed by atoms with Gasteiger partial charge in [-0.15, -0.1) is 0 Å². The largest absolute Gasteiger partial charge is 0.321 e. The van der Waals surface area contributed by atoms with E-state index >= 15 is 0 Å². The Bertz CT molecular complexity index is 560. The van der Waals surface area contributed by atoms with Gasteiger partial charge in [-0.1, -0.05) is 37.1 Å². The second-order valence-corrected chi connectivity index (χ2v) is 7.07. The first-order chi connectivity index (χ1) is 10.2. The second-order valence-electron chi connectivity index (χ2n) is 7.07. The molecule has 1 saturated heterocycles. The Morgan fingerprint density at radius 2 is 2.05 bits per heavy atom. The van der Waals surface area contributed by atoms with Gasteiger partial charge in [-0.2, -0.15) is 0 Å². The molecule has 3 heteroatoms. The maximum absolute atomic E-state index is 12.7. The number of hydrogen-bond donors (Lipinski definition) is 1. The first-order valence-corrected chi connectivity index (χ1v) is 8.34. The maximum Gasteiger partial charge on any atom is 0.244 e. The second kappa shape index (κ2) is 4.84. The fourth-order valence-electron chi connectivity index (χ4n) is 3.60. The molecule has 1 amide bonds. The summed E-state index contributed by atoms with van der Waals surface area (Å²) in [4.78, 5) is 14.8. The highest BCUT2D eigenvalue weighted by Crippen LogP contribution is 2.46. The van der Waals surface area contributed by atoms with Crippen LogP contribution in [0.1, 0.15) is 55.8 Å². The molecule has 1 heterocycles. The molecular weight excluding hydrogens is 260 g/mol. The lowest BCUT2D eigenvalue weighted by Crippen LogP contribution is -2.33. The van der Waals surface area contributed by atoms with Gasteiger partial charge < -0.3 is 4.90 Å². The van der Waals surface area contributed by atoms with Crippen LogP contribution in [-0.2, 0) is 4.79 Å². The van der Waals surface area contributed by atoms with Gasteiger partial charge in [-0.05, 0) is 49.7 Å². The number of amides is 1. The first-order valence-electron chi connectivity index (χ1n) is 8.34. The highest BCUT2D eigenvalue weighted by molar-refractivity contribution is 5.92. The lowest BCUT2D eigenvalue weighted by atomic mass is 10.1. The zero-order chi connectivity index (χ0) is 14.4. The summed E-state index contributed by atoms with van der Waals surface area (Å²) in [6.07, 6.45) is 7.34. The predicted octanol–water partition coefficient (Wildman–Crippen LogP) is 3.15. The van der Waals surface area contributed by atoms with Crippen molar-refractivity contribution in [2.75, 3.05) is 6.54 Å². The maximum atomic E-state index is 12.7. The Labute approximate surface area is 126 Å². The minimum Gasteiger partial charge on any atom is -0.321 e. The molecule has 2 saturated carbocycles. The quantitative estimate of drug-likeness (QED) is 0.901. The molecule has 1 aromatic carbocycles.